The fraction of sp³-hybridized carbons (Fsp3) is 0.300. The average Bonchev–Trinajstić information content (AvgIpc) is 2.25. The van der Waals surface area contributed by atoms with Crippen molar-refractivity contribution in [3.63, 3.8) is 0 Å². The topological polar surface area (TPSA) is 68.1 Å². The van der Waals surface area contributed by atoms with Crippen LogP contribution in [0.3, 0.4) is 0 Å². The van der Waals surface area contributed by atoms with Crippen LogP contribution in [0.5, 0.6) is 0 Å². The summed E-state index contributed by atoms with van der Waals surface area (Å²) in [6, 6.07) is 2.95. The first-order chi connectivity index (χ1) is 7.25. The van der Waals surface area contributed by atoms with E-state index in [1.54, 1.807) is 6.92 Å². The van der Waals surface area contributed by atoms with Crippen LogP contribution in [0.2, 0.25) is 0 Å². The molecule has 0 radical (unpaired) electrons. The van der Waals surface area contributed by atoms with E-state index < -0.39 is 4.92 Å². The highest BCUT2D eigenvalue weighted by Gasteiger charge is 2.12. The first-order valence-corrected chi connectivity index (χ1v) is 4.48. The van der Waals surface area contributed by atoms with Crippen molar-refractivity contribution >= 4 is 11.5 Å². The van der Waals surface area contributed by atoms with Gasteiger partial charge in [0.25, 0.3) is 0 Å². The van der Waals surface area contributed by atoms with Gasteiger partial charge in [-0.3, -0.25) is 10.1 Å². The molecule has 15 heavy (non-hydrogen) atoms. The Hall–Kier alpha value is -2.09. The van der Waals surface area contributed by atoms with Crippen molar-refractivity contribution in [1.29, 1.82) is 0 Å². The molecule has 1 aromatic rings. The first-order valence-electron chi connectivity index (χ1n) is 4.48. The predicted molar refractivity (Wildman–Crippen MR) is 57.4 cm³/mol. The molecule has 1 N–H and O–H groups in total. The van der Waals surface area contributed by atoms with Gasteiger partial charge in [0.2, 0.25) is 5.82 Å². The number of aromatic nitrogens is 1. The monoisotopic (exact) mass is 205 g/mol. The van der Waals surface area contributed by atoms with Gasteiger partial charge < -0.3 is 5.32 Å². The molecule has 1 heterocycles. The van der Waals surface area contributed by atoms with Crippen LogP contribution in [-0.2, 0) is 0 Å². The number of rotatable bonds is 4. The summed E-state index contributed by atoms with van der Waals surface area (Å²) in [6.07, 6.45) is 2.16. The minimum absolute atomic E-state index is 0.0121. The molecule has 78 valence electrons. The maximum atomic E-state index is 10.6. The van der Waals surface area contributed by atoms with Gasteiger partial charge in [-0.2, -0.15) is 0 Å². The number of hydrogen-bond donors (Lipinski definition) is 1. The van der Waals surface area contributed by atoms with Crippen LogP contribution in [0.15, 0.2) is 18.3 Å². The number of pyridine rings is 1. The number of anilines is 1. The fourth-order valence-corrected chi connectivity index (χ4v) is 1.05. The zero-order valence-corrected chi connectivity index (χ0v) is 8.36. The third kappa shape index (κ3) is 3.27. The van der Waals surface area contributed by atoms with Gasteiger partial charge >= 0.3 is 5.69 Å². The Kier molecular flexibility index (Phi) is 4.10. The lowest BCUT2D eigenvalue weighted by Gasteiger charge is -2.02. The molecule has 0 aliphatic carbocycles. The maximum Gasteiger partial charge on any atom is 0.311 e. The van der Waals surface area contributed by atoms with E-state index in [-0.39, 0.29) is 5.69 Å². The van der Waals surface area contributed by atoms with E-state index in [1.807, 2.05) is 0 Å². The third-order valence-corrected chi connectivity index (χ3v) is 1.70. The summed E-state index contributed by atoms with van der Waals surface area (Å²) < 4.78 is 0. The Labute approximate surface area is 87.7 Å². The van der Waals surface area contributed by atoms with Crippen LogP contribution >= 0.6 is 0 Å². The zero-order chi connectivity index (χ0) is 11.1. The fourth-order valence-electron chi connectivity index (χ4n) is 1.05. The van der Waals surface area contributed by atoms with Crippen LogP contribution in [0.25, 0.3) is 0 Å². The van der Waals surface area contributed by atoms with E-state index >= 15 is 0 Å². The number of nitro groups is 1. The summed E-state index contributed by atoms with van der Waals surface area (Å²) in [6.45, 7) is 2.31. The van der Waals surface area contributed by atoms with Crippen LogP contribution in [0, 0.1) is 22.0 Å². The lowest BCUT2D eigenvalue weighted by Crippen LogP contribution is -2.05. The second-order valence-corrected chi connectivity index (χ2v) is 2.73. The summed E-state index contributed by atoms with van der Waals surface area (Å²) in [4.78, 5) is 14.0. The Morgan fingerprint density at radius 2 is 2.47 bits per heavy atom. The van der Waals surface area contributed by atoms with Gasteiger partial charge in [-0.05, 0) is 13.0 Å². The molecule has 0 unspecified atom stereocenters. The molecule has 0 fully saturated rings. The number of nitrogens with one attached hydrogen (secondary N) is 1. The van der Waals surface area contributed by atoms with Crippen molar-refractivity contribution in [2.75, 3.05) is 11.9 Å². The minimum atomic E-state index is -0.458. The molecular formula is C10H11N3O2. The Morgan fingerprint density at radius 1 is 1.67 bits per heavy atom. The van der Waals surface area contributed by atoms with Gasteiger partial charge in [-0.25, -0.2) is 4.98 Å². The molecule has 0 aliphatic heterocycles. The van der Waals surface area contributed by atoms with Crippen LogP contribution in [-0.4, -0.2) is 16.5 Å². The zero-order valence-electron chi connectivity index (χ0n) is 8.36. The quantitative estimate of drug-likeness (QED) is 0.352. The van der Waals surface area contributed by atoms with Gasteiger partial charge in [0.1, 0.15) is 0 Å². The van der Waals surface area contributed by atoms with Gasteiger partial charge in [-0.15, -0.1) is 11.8 Å². The van der Waals surface area contributed by atoms with Crippen LogP contribution in [0.1, 0.15) is 13.3 Å². The Bertz CT molecular complexity index is 407. The third-order valence-electron chi connectivity index (χ3n) is 1.70. The summed E-state index contributed by atoms with van der Waals surface area (Å²) >= 11 is 0. The highest BCUT2D eigenvalue weighted by atomic mass is 16.6. The highest BCUT2D eigenvalue weighted by molar-refractivity contribution is 5.54. The summed E-state index contributed by atoms with van der Waals surface area (Å²) in [5.74, 6) is 5.90. The molecule has 1 aromatic heterocycles. The lowest BCUT2D eigenvalue weighted by molar-refractivity contribution is -0.384. The van der Waals surface area contributed by atoms with E-state index in [4.69, 9.17) is 0 Å². The van der Waals surface area contributed by atoms with Crippen molar-refractivity contribution in [3.8, 4) is 11.8 Å². The first kappa shape index (κ1) is 11.0. The normalized spacial score (nSPS) is 8.87. The van der Waals surface area contributed by atoms with E-state index in [2.05, 4.69) is 22.1 Å². The Balaban J connectivity index is 2.66. The molecule has 0 saturated heterocycles. The van der Waals surface area contributed by atoms with Crippen molar-refractivity contribution in [1.82, 2.24) is 4.98 Å². The van der Waals surface area contributed by atoms with Gasteiger partial charge in [0.05, 0.1) is 4.92 Å². The summed E-state index contributed by atoms with van der Waals surface area (Å²) in [5.41, 5.74) is -0.0121. The number of nitrogens with zero attached hydrogens (tertiary/aromatic N) is 2. The van der Waals surface area contributed by atoms with Crippen molar-refractivity contribution in [2.24, 2.45) is 0 Å². The molecule has 0 aromatic carbocycles. The molecule has 5 heteroatoms. The van der Waals surface area contributed by atoms with E-state index in [0.717, 1.165) is 0 Å². The average molecular weight is 205 g/mol. The molecule has 0 bridgehead atoms. The Morgan fingerprint density at radius 3 is 3.13 bits per heavy atom. The molecule has 0 saturated carbocycles. The molecule has 0 spiro atoms. The van der Waals surface area contributed by atoms with Crippen molar-refractivity contribution in [3.05, 3.63) is 28.4 Å². The predicted octanol–water partition coefficient (Wildman–Crippen LogP) is 1.82. The number of hydrogen-bond acceptors (Lipinski definition) is 4. The van der Waals surface area contributed by atoms with E-state index in [9.17, 15) is 10.1 Å². The van der Waals surface area contributed by atoms with Gasteiger partial charge in [-0.1, -0.05) is 0 Å². The standard InChI is InChI=1S/C10H11N3O2/c1-2-3-4-7-11-10-9(13(14)15)6-5-8-12-10/h5-6,8H,4,7H2,1H3,(H,11,12). The van der Waals surface area contributed by atoms with Gasteiger partial charge in [0, 0.05) is 25.2 Å². The minimum Gasteiger partial charge on any atom is -0.363 e. The summed E-state index contributed by atoms with van der Waals surface area (Å²) in [7, 11) is 0. The largest absolute Gasteiger partial charge is 0.363 e. The van der Waals surface area contributed by atoms with Crippen LogP contribution < -0.4 is 5.32 Å². The molecule has 5 nitrogen and oxygen atoms in total. The van der Waals surface area contributed by atoms with Crippen LogP contribution in [0.4, 0.5) is 11.5 Å². The second kappa shape index (κ2) is 5.60. The molecule has 0 amide bonds. The smallest absolute Gasteiger partial charge is 0.311 e. The molecule has 0 aliphatic rings. The molecule has 1 rings (SSSR count). The lowest BCUT2D eigenvalue weighted by atomic mass is 10.3. The van der Waals surface area contributed by atoms with Crippen molar-refractivity contribution < 1.29 is 4.92 Å². The van der Waals surface area contributed by atoms with E-state index in [0.29, 0.717) is 18.8 Å². The highest BCUT2D eigenvalue weighted by Crippen LogP contribution is 2.19. The van der Waals surface area contributed by atoms with E-state index in [1.165, 1.54) is 18.3 Å². The summed E-state index contributed by atoms with van der Waals surface area (Å²) in [5, 5.41) is 13.5. The molecule has 0 atom stereocenters. The SMILES string of the molecule is CC#CCCNc1ncccc1[N+](=O)[O-]. The molecular weight excluding hydrogens is 194 g/mol. The maximum absolute atomic E-state index is 10.6. The second-order valence-electron chi connectivity index (χ2n) is 2.73. The van der Waals surface area contributed by atoms with Crippen molar-refractivity contribution in [2.45, 2.75) is 13.3 Å². The van der Waals surface area contributed by atoms with Gasteiger partial charge in [0.15, 0.2) is 0 Å².